The molecular weight excluding hydrogens is 640 g/mol. The normalized spacial score (nSPS) is 20.1. The summed E-state index contributed by atoms with van der Waals surface area (Å²) in [5.74, 6) is -1.68. The zero-order valence-corrected chi connectivity index (χ0v) is 28.8. The van der Waals surface area contributed by atoms with Crippen LogP contribution >= 0.6 is 0 Å². The predicted molar refractivity (Wildman–Crippen MR) is 184 cm³/mol. The first-order chi connectivity index (χ1) is 24.3. The van der Waals surface area contributed by atoms with Gasteiger partial charge in [-0.15, -0.1) is 0 Å². The second-order valence-corrected chi connectivity index (χ2v) is 12.7. The van der Waals surface area contributed by atoms with Crippen LogP contribution in [0, 0.1) is 11.8 Å². The number of hydrogen-bond acceptors (Lipinski definition) is 10. The highest BCUT2D eigenvalue weighted by molar-refractivity contribution is 6.09. The molecule has 7 rings (SSSR count). The van der Waals surface area contributed by atoms with E-state index in [1.165, 1.54) is 27.4 Å². The van der Waals surface area contributed by atoms with Crippen LogP contribution in [0.5, 0.6) is 17.2 Å². The molecule has 2 unspecified atom stereocenters. The van der Waals surface area contributed by atoms with Crippen LogP contribution in [-0.2, 0) is 28.7 Å². The number of rotatable bonds is 15. The molecule has 2 bridgehead atoms. The standard InChI is InChI=1S/C39H42N2O9/c1-40(17-9-19-49-31(42)16-15-24-21-29(46-2)37(48-4)30(22-24)47-3)18-10-20-50-32(43)23-41-38(44)35-33-25-11-5-6-12-26(25)34(36(35)39(41)45)28-14-8-7-13-27(28)33/h5-8,11-16,21-22,33-36H,9-10,17-20,23H2,1-4H3/b16-15+. The molecule has 50 heavy (non-hydrogen) atoms. The fourth-order valence-electron chi connectivity index (χ4n) is 7.62. The van der Waals surface area contributed by atoms with Crippen molar-refractivity contribution in [3.8, 4) is 17.2 Å². The van der Waals surface area contributed by atoms with E-state index in [0.29, 0.717) is 48.7 Å². The largest absolute Gasteiger partial charge is 0.493 e. The molecular formula is C39H42N2O9. The summed E-state index contributed by atoms with van der Waals surface area (Å²) in [6.07, 6.45) is 4.15. The minimum atomic E-state index is -0.595. The second kappa shape index (κ2) is 15.2. The number of esters is 2. The van der Waals surface area contributed by atoms with E-state index >= 15 is 0 Å². The van der Waals surface area contributed by atoms with Gasteiger partial charge in [0, 0.05) is 31.0 Å². The molecule has 0 N–H and O–H groups in total. The van der Waals surface area contributed by atoms with Crippen molar-refractivity contribution in [2.24, 2.45) is 11.8 Å². The molecule has 3 aromatic carbocycles. The third kappa shape index (κ3) is 6.69. The van der Waals surface area contributed by atoms with Crippen LogP contribution in [-0.4, -0.2) is 94.8 Å². The van der Waals surface area contributed by atoms with Gasteiger partial charge < -0.3 is 28.6 Å². The van der Waals surface area contributed by atoms with Crippen LogP contribution < -0.4 is 14.2 Å². The summed E-state index contributed by atoms with van der Waals surface area (Å²) in [5.41, 5.74) is 5.06. The molecule has 3 aromatic rings. The van der Waals surface area contributed by atoms with Crippen molar-refractivity contribution in [2.75, 3.05) is 61.2 Å². The highest BCUT2D eigenvalue weighted by atomic mass is 16.5. The molecule has 3 aliphatic carbocycles. The molecule has 1 fully saturated rings. The summed E-state index contributed by atoms with van der Waals surface area (Å²) in [5, 5.41) is 0. The fourth-order valence-corrected chi connectivity index (χ4v) is 7.62. The summed E-state index contributed by atoms with van der Waals surface area (Å²) in [7, 11) is 6.50. The van der Waals surface area contributed by atoms with Crippen LogP contribution in [0.25, 0.3) is 6.08 Å². The fraction of sp³-hybridized carbons (Fsp3) is 0.385. The lowest BCUT2D eigenvalue weighted by molar-refractivity contribution is -0.153. The summed E-state index contributed by atoms with van der Waals surface area (Å²) < 4.78 is 26.8. The molecule has 11 nitrogen and oxygen atoms in total. The highest BCUT2D eigenvalue weighted by Crippen LogP contribution is 2.60. The summed E-state index contributed by atoms with van der Waals surface area (Å²) in [6.45, 7) is 1.34. The molecule has 1 aliphatic heterocycles. The minimum absolute atomic E-state index is 0.162. The van der Waals surface area contributed by atoms with Gasteiger partial charge in [0.15, 0.2) is 11.5 Å². The van der Waals surface area contributed by atoms with E-state index in [9.17, 15) is 19.2 Å². The van der Waals surface area contributed by atoms with Crippen molar-refractivity contribution >= 4 is 29.8 Å². The molecule has 0 saturated carbocycles. The molecule has 0 aromatic heterocycles. The van der Waals surface area contributed by atoms with Crippen molar-refractivity contribution in [3.05, 3.63) is 94.6 Å². The van der Waals surface area contributed by atoms with Crippen LogP contribution in [0.4, 0.5) is 0 Å². The smallest absolute Gasteiger partial charge is 0.330 e. The highest BCUT2D eigenvalue weighted by Gasteiger charge is 2.61. The first-order valence-electron chi connectivity index (χ1n) is 16.8. The summed E-state index contributed by atoms with van der Waals surface area (Å²) in [6, 6.07) is 19.6. The monoisotopic (exact) mass is 682 g/mol. The number of imide groups is 1. The van der Waals surface area contributed by atoms with Gasteiger partial charge in [-0.3, -0.25) is 19.3 Å². The lowest BCUT2D eigenvalue weighted by atomic mass is 9.55. The molecule has 0 spiro atoms. The third-order valence-corrected chi connectivity index (χ3v) is 9.80. The van der Waals surface area contributed by atoms with E-state index < -0.39 is 23.8 Å². The number of nitrogens with zero attached hydrogens (tertiary/aromatic N) is 2. The molecule has 262 valence electrons. The van der Waals surface area contributed by atoms with E-state index in [0.717, 1.165) is 27.2 Å². The Hall–Kier alpha value is -5.16. The van der Waals surface area contributed by atoms with Gasteiger partial charge in [0.05, 0.1) is 46.4 Å². The van der Waals surface area contributed by atoms with Gasteiger partial charge in [0.1, 0.15) is 6.54 Å². The van der Waals surface area contributed by atoms with E-state index in [-0.39, 0.29) is 43.4 Å². The Labute approximate surface area is 291 Å². The SMILES string of the molecule is COc1cc(/C=C/C(=O)OCCCN(C)CCCOC(=O)CN2C(=O)C3C4c5ccccc5C(c5ccccc54)C3C2=O)cc(OC)c1OC. The van der Waals surface area contributed by atoms with Crippen molar-refractivity contribution in [2.45, 2.75) is 24.7 Å². The lowest BCUT2D eigenvalue weighted by Gasteiger charge is -2.45. The maximum absolute atomic E-state index is 13.7. The average molecular weight is 683 g/mol. The Kier molecular flexibility index (Phi) is 10.5. The van der Waals surface area contributed by atoms with E-state index in [1.54, 1.807) is 18.2 Å². The van der Waals surface area contributed by atoms with E-state index in [2.05, 4.69) is 29.2 Å². The molecule has 1 saturated heterocycles. The number of ether oxygens (including phenoxy) is 5. The van der Waals surface area contributed by atoms with E-state index in [4.69, 9.17) is 23.7 Å². The molecule has 0 radical (unpaired) electrons. The zero-order chi connectivity index (χ0) is 35.4. The van der Waals surface area contributed by atoms with Gasteiger partial charge in [-0.2, -0.15) is 0 Å². The molecule has 2 atom stereocenters. The third-order valence-electron chi connectivity index (χ3n) is 9.80. The number of amides is 2. The van der Waals surface area contributed by atoms with Crippen LogP contribution in [0.15, 0.2) is 66.7 Å². The summed E-state index contributed by atoms with van der Waals surface area (Å²) >= 11 is 0. The molecule has 1 heterocycles. The molecule has 4 aliphatic rings. The van der Waals surface area contributed by atoms with Crippen molar-refractivity contribution < 1.29 is 42.9 Å². The van der Waals surface area contributed by atoms with Gasteiger partial charge in [-0.05, 0) is 65.9 Å². The zero-order valence-electron chi connectivity index (χ0n) is 28.8. The summed E-state index contributed by atoms with van der Waals surface area (Å²) in [4.78, 5) is 55.6. The first kappa shape index (κ1) is 34.7. The number of methoxy groups -OCH3 is 3. The Morgan fingerprint density at radius 2 is 1.22 bits per heavy atom. The first-order valence-corrected chi connectivity index (χ1v) is 16.8. The number of carbonyl (C=O) groups excluding carboxylic acids is 4. The number of hydrogen-bond donors (Lipinski definition) is 0. The Morgan fingerprint density at radius 1 is 0.740 bits per heavy atom. The average Bonchev–Trinajstić information content (AvgIpc) is 3.38. The van der Waals surface area contributed by atoms with Crippen molar-refractivity contribution in [1.82, 2.24) is 9.80 Å². The Bertz CT molecular complexity index is 1660. The Morgan fingerprint density at radius 3 is 1.68 bits per heavy atom. The molecule has 11 heteroatoms. The van der Waals surface area contributed by atoms with Crippen molar-refractivity contribution in [1.29, 1.82) is 0 Å². The number of benzene rings is 3. The minimum Gasteiger partial charge on any atom is -0.493 e. The predicted octanol–water partition coefficient (Wildman–Crippen LogP) is 4.42. The lowest BCUT2D eigenvalue weighted by Crippen LogP contribution is -2.41. The van der Waals surface area contributed by atoms with Gasteiger partial charge >= 0.3 is 11.9 Å². The van der Waals surface area contributed by atoms with Gasteiger partial charge in [-0.1, -0.05) is 48.5 Å². The van der Waals surface area contributed by atoms with Gasteiger partial charge in [0.2, 0.25) is 17.6 Å². The van der Waals surface area contributed by atoms with Crippen molar-refractivity contribution in [3.63, 3.8) is 0 Å². The molecule has 2 amide bonds. The van der Waals surface area contributed by atoms with E-state index in [1.807, 2.05) is 31.3 Å². The second-order valence-electron chi connectivity index (χ2n) is 12.7. The number of likely N-dealkylation sites (tertiary alicyclic amines) is 1. The quantitative estimate of drug-likeness (QED) is 0.0987. The van der Waals surface area contributed by atoms with Crippen LogP contribution in [0.3, 0.4) is 0 Å². The maximum Gasteiger partial charge on any atom is 0.330 e. The maximum atomic E-state index is 13.7. The van der Waals surface area contributed by atoms with Crippen LogP contribution in [0.1, 0.15) is 52.5 Å². The Balaban J connectivity index is 0.913. The van der Waals surface area contributed by atoms with Crippen LogP contribution in [0.2, 0.25) is 0 Å². The topological polar surface area (TPSA) is 121 Å². The number of carbonyl (C=O) groups is 4. The van der Waals surface area contributed by atoms with Gasteiger partial charge in [-0.25, -0.2) is 4.79 Å². The van der Waals surface area contributed by atoms with Gasteiger partial charge in [0.25, 0.3) is 0 Å².